The third kappa shape index (κ3) is 18.8. The predicted octanol–water partition coefficient (Wildman–Crippen LogP) is 13.6. The van der Waals surface area contributed by atoms with Crippen molar-refractivity contribution in [1.82, 2.24) is 0 Å². The zero-order valence-corrected chi connectivity index (χ0v) is 46.9. The smallest absolute Gasteiger partial charge is 0.343 e. The number of hydrogen-bond donors (Lipinski definition) is 0. The second kappa shape index (κ2) is 30.2. The SMILES string of the molecule is CCCCCCCCC(C)(Oc1ccc(OC(=O)c2ccc(OCC(F)CCCCCC)cc2)cc1)C(C)(C)C(C)(Oc1ccc(OC(=O)c2ccc(OCC(F)CCCCCC)cc2)cc1)[SiH2]O[SiH3]. The first-order valence-electron chi connectivity index (χ1n) is 25.9. The standard InChI is InChI=1S/C57H82F2O9Si2/c1-8-11-14-17-18-21-40-56(6,66-51-36-32-49(33-37-51)64-53(60)43-24-28-47(29-25-43)62-41-45(58)22-19-15-12-9-2)55(4,5)57(7,70-68-69)67-52-38-34-50(35-39-52)65-54(61)44-26-30-48(31-27-44)63-42-46(59)23-20-16-13-10-3/h24-39,45-46H,8-23,40-42,70H2,1-7,69H3. The summed E-state index contributed by atoms with van der Waals surface area (Å²) in [6, 6.07) is 27.2. The minimum atomic E-state index is -1.30. The Morgan fingerprint density at radius 3 is 1.27 bits per heavy atom. The van der Waals surface area contributed by atoms with Crippen molar-refractivity contribution in [2.24, 2.45) is 5.41 Å². The number of halogens is 2. The number of hydrogen-bond acceptors (Lipinski definition) is 9. The van der Waals surface area contributed by atoms with Gasteiger partial charge in [-0.05, 0) is 137 Å². The number of benzene rings is 4. The van der Waals surface area contributed by atoms with E-state index in [1.807, 2.05) is 12.1 Å². The highest BCUT2D eigenvalue weighted by Gasteiger charge is 2.56. The summed E-state index contributed by atoms with van der Waals surface area (Å²) in [5.74, 6) is 1.93. The van der Waals surface area contributed by atoms with E-state index >= 15 is 0 Å². The number of unbranched alkanes of at least 4 members (excludes halogenated alkanes) is 11. The molecular formula is C57H82F2O9Si2. The van der Waals surface area contributed by atoms with Crippen LogP contribution in [-0.2, 0) is 4.12 Å². The van der Waals surface area contributed by atoms with E-state index in [0.717, 1.165) is 77.0 Å². The molecule has 0 bridgehead atoms. The Bertz CT molecular complexity index is 2090. The number of carbonyl (C=O) groups is 2. The van der Waals surface area contributed by atoms with Crippen LogP contribution in [0.3, 0.4) is 0 Å². The van der Waals surface area contributed by atoms with Crippen LogP contribution in [-0.4, -0.2) is 68.6 Å². The van der Waals surface area contributed by atoms with Crippen LogP contribution in [0, 0.1) is 5.41 Å². The molecule has 4 rings (SSSR count). The van der Waals surface area contributed by atoms with Crippen LogP contribution >= 0.6 is 0 Å². The first-order chi connectivity index (χ1) is 33.6. The van der Waals surface area contributed by atoms with Crippen LogP contribution in [0.15, 0.2) is 97.1 Å². The summed E-state index contributed by atoms with van der Waals surface area (Å²) < 4.78 is 71.5. The first-order valence-corrected chi connectivity index (χ1v) is 28.0. The van der Waals surface area contributed by atoms with Gasteiger partial charge in [0.15, 0.2) is 9.76 Å². The molecule has 0 aromatic heterocycles. The molecule has 4 aromatic carbocycles. The van der Waals surface area contributed by atoms with Gasteiger partial charge in [0.1, 0.15) is 81.4 Å². The van der Waals surface area contributed by atoms with Gasteiger partial charge in [-0.3, -0.25) is 0 Å². The molecule has 4 unspecified atom stereocenters. The Hall–Kier alpha value is -4.73. The molecule has 0 radical (unpaired) electrons. The molecule has 9 nitrogen and oxygen atoms in total. The maximum Gasteiger partial charge on any atom is 0.343 e. The Balaban J connectivity index is 1.41. The molecule has 4 aromatic rings. The summed E-state index contributed by atoms with van der Waals surface area (Å²) in [7, 11) is -0.742. The summed E-state index contributed by atoms with van der Waals surface area (Å²) in [6.07, 6.45) is 14.6. The fourth-order valence-corrected chi connectivity index (χ4v) is 11.6. The highest BCUT2D eigenvalue weighted by atomic mass is 28.3. The third-order valence-electron chi connectivity index (χ3n) is 13.6. The fraction of sp³-hybridized carbons (Fsp3) is 0.544. The highest BCUT2D eigenvalue weighted by Crippen LogP contribution is 2.48. The Morgan fingerprint density at radius 1 is 0.500 bits per heavy atom. The molecule has 0 aliphatic heterocycles. The summed E-state index contributed by atoms with van der Waals surface area (Å²) in [4.78, 5) is 26.2. The lowest BCUT2D eigenvalue weighted by atomic mass is 9.69. The molecule has 0 heterocycles. The summed E-state index contributed by atoms with van der Waals surface area (Å²) in [5.41, 5.74) is -0.624. The van der Waals surface area contributed by atoms with E-state index in [4.69, 9.17) is 32.5 Å². The van der Waals surface area contributed by atoms with E-state index in [1.54, 1.807) is 84.9 Å². The Morgan fingerprint density at radius 2 is 0.857 bits per heavy atom. The molecule has 0 amide bonds. The van der Waals surface area contributed by atoms with Crippen molar-refractivity contribution in [3.8, 4) is 34.5 Å². The second-order valence-corrected chi connectivity index (χ2v) is 23.5. The van der Waals surface area contributed by atoms with Crippen LogP contribution in [0.25, 0.3) is 0 Å². The zero-order valence-electron chi connectivity index (χ0n) is 43.5. The second-order valence-electron chi connectivity index (χ2n) is 19.5. The lowest BCUT2D eigenvalue weighted by Gasteiger charge is -2.53. The monoisotopic (exact) mass is 1000 g/mol. The van der Waals surface area contributed by atoms with Crippen molar-refractivity contribution in [2.75, 3.05) is 13.2 Å². The third-order valence-corrected chi connectivity index (χ3v) is 16.3. The molecule has 0 fully saturated rings. The van der Waals surface area contributed by atoms with Crippen molar-refractivity contribution in [1.29, 1.82) is 0 Å². The van der Waals surface area contributed by atoms with Crippen LogP contribution < -0.4 is 28.4 Å². The number of rotatable bonds is 35. The van der Waals surface area contributed by atoms with Crippen molar-refractivity contribution in [3.05, 3.63) is 108 Å². The van der Waals surface area contributed by atoms with Crippen molar-refractivity contribution in [3.63, 3.8) is 0 Å². The van der Waals surface area contributed by atoms with Crippen LogP contribution in [0.1, 0.15) is 178 Å². The van der Waals surface area contributed by atoms with Crippen LogP contribution in [0.4, 0.5) is 8.78 Å². The van der Waals surface area contributed by atoms with Crippen molar-refractivity contribution < 1.29 is 50.9 Å². The molecule has 386 valence electrons. The number of ether oxygens (including phenoxy) is 6. The summed E-state index contributed by atoms with van der Waals surface area (Å²) in [5, 5.41) is -0.747. The van der Waals surface area contributed by atoms with E-state index in [1.165, 1.54) is 19.3 Å². The van der Waals surface area contributed by atoms with Gasteiger partial charge in [-0.15, -0.1) is 0 Å². The molecule has 70 heavy (non-hydrogen) atoms. The van der Waals surface area contributed by atoms with Gasteiger partial charge >= 0.3 is 11.9 Å². The quantitative estimate of drug-likeness (QED) is 0.0193. The largest absolute Gasteiger partial charge is 0.491 e. The summed E-state index contributed by atoms with van der Waals surface area (Å²) in [6.45, 7) is 15.1. The maximum absolute atomic E-state index is 14.3. The normalized spacial score (nSPS) is 14.4. The van der Waals surface area contributed by atoms with Gasteiger partial charge in [-0.1, -0.05) is 118 Å². The van der Waals surface area contributed by atoms with Crippen LogP contribution in [0.2, 0.25) is 0 Å². The fourth-order valence-electron chi connectivity index (χ4n) is 8.41. The topological polar surface area (TPSA) is 98.8 Å². The van der Waals surface area contributed by atoms with Gasteiger partial charge in [0.05, 0.1) is 11.1 Å². The van der Waals surface area contributed by atoms with Gasteiger partial charge in [0.25, 0.3) is 0 Å². The minimum Gasteiger partial charge on any atom is -0.491 e. The Labute approximate surface area is 423 Å². The molecule has 13 heteroatoms. The average molecular weight is 1010 g/mol. The van der Waals surface area contributed by atoms with Gasteiger partial charge < -0.3 is 32.5 Å². The lowest BCUT2D eigenvalue weighted by Crippen LogP contribution is -2.64. The zero-order chi connectivity index (χ0) is 50.8. The molecule has 0 spiro atoms. The molecule has 0 N–H and O–H groups in total. The van der Waals surface area contributed by atoms with Gasteiger partial charge in [0, 0.05) is 5.41 Å². The maximum atomic E-state index is 14.3. The van der Waals surface area contributed by atoms with Crippen molar-refractivity contribution in [2.45, 2.75) is 181 Å². The number of carbonyl (C=O) groups excluding carboxylic acids is 2. The number of alkyl halides is 2. The minimum absolute atomic E-state index is 0.0177. The molecular weight excluding hydrogens is 923 g/mol. The molecule has 0 aliphatic rings. The van der Waals surface area contributed by atoms with Gasteiger partial charge in [-0.2, -0.15) is 0 Å². The lowest BCUT2D eigenvalue weighted by molar-refractivity contribution is -0.111. The predicted molar refractivity (Wildman–Crippen MR) is 283 cm³/mol. The molecule has 0 saturated heterocycles. The van der Waals surface area contributed by atoms with E-state index in [9.17, 15) is 18.4 Å². The van der Waals surface area contributed by atoms with E-state index < -0.39 is 50.3 Å². The molecule has 0 saturated carbocycles. The molecule has 4 atom stereocenters. The molecule has 0 aliphatic carbocycles. The van der Waals surface area contributed by atoms with Crippen molar-refractivity contribution >= 4 is 32.2 Å². The number of esters is 2. The van der Waals surface area contributed by atoms with Crippen LogP contribution in [0.5, 0.6) is 34.5 Å². The van der Waals surface area contributed by atoms with Gasteiger partial charge in [-0.25, -0.2) is 18.4 Å². The Kier molecular flexibility index (Phi) is 25.0. The van der Waals surface area contributed by atoms with Gasteiger partial charge in [0.2, 0.25) is 0 Å². The summed E-state index contributed by atoms with van der Waals surface area (Å²) >= 11 is 0. The van der Waals surface area contributed by atoms with E-state index in [-0.39, 0.29) is 13.2 Å². The van der Waals surface area contributed by atoms with E-state index in [0.29, 0.717) is 69.0 Å². The highest BCUT2D eigenvalue weighted by molar-refractivity contribution is 6.38. The average Bonchev–Trinajstić information content (AvgIpc) is 3.35. The van der Waals surface area contributed by atoms with E-state index in [2.05, 4.69) is 48.5 Å². The first kappa shape index (κ1) is 57.8.